The lowest BCUT2D eigenvalue weighted by molar-refractivity contribution is -0.127. The number of hydrogen-bond acceptors (Lipinski definition) is 1. The molecule has 0 spiro atoms. The molecule has 1 aliphatic carbocycles. The molecule has 1 rings (SSSR count). The minimum Gasteiger partial charge on any atom is -0.299 e. The molecule has 14 heavy (non-hydrogen) atoms. The molecule has 0 aromatic rings. The maximum atomic E-state index is 11.6. The molecule has 1 nitrogen and oxygen atoms in total. The van der Waals surface area contributed by atoms with Gasteiger partial charge in [-0.15, -0.1) is 6.58 Å². The Morgan fingerprint density at radius 1 is 1.50 bits per heavy atom. The van der Waals surface area contributed by atoms with Crippen molar-refractivity contribution in [2.24, 2.45) is 17.8 Å². The molecule has 3 atom stereocenters. The van der Waals surface area contributed by atoms with E-state index in [0.717, 1.165) is 25.7 Å². The molecule has 0 bridgehead atoms. The number of carbonyl (C=O) groups excluding carboxylic acids is 1. The number of rotatable bonds is 3. The van der Waals surface area contributed by atoms with E-state index in [1.165, 1.54) is 5.57 Å². The van der Waals surface area contributed by atoms with E-state index in [0.29, 0.717) is 17.6 Å². The monoisotopic (exact) mass is 194 g/mol. The summed E-state index contributed by atoms with van der Waals surface area (Å²) in [7, 11) is 0. The molecule has 0 amide bonds. The Morgan fingerprint density at radius 3 is 2.71 bits per heavy atom. The minimum atomic E-state index is 0.276. The van der Waals surface area contributed by atoms with Gasteiger partial charge >= 0.3 is 0 Å². The SMILES string of the molecule is C=C(C)CCC1C(C)CCC(=O)C1C. The molecule has 0 radical (unpaired) electrons. The van der Waals surface area contributed by atoms with Gasteiger partial charge in [0, 0.05) is 12.3 Å². The van der Waals surface area contributed by atoms with Crippen molar-refractivity contribution in [3.63, 3.8) is 0 Å². The van der Waals surface area contributed by atoms with Crippen molar-refractivity contribution in [1.82, 2.24) is 0 Å². The fraction of sp³-hybridized carbons (Fsp3) is 0.769. The van der Waals surface area contributed by atoms with Gasteiger partial charge in [0.2, 0.25) is 0 Å². The summed E-state index contributed by atoms with van der Waals surface area (Å²) in [5, 5.41) is 0. The molecule has 0 N–H and O–H groups in total. The van der Waals surface area contributed by atoms with Crippen LogP contribution in [-0.4, -0.2) is 5.78 Å². The van der Waals surface area contributed by atoms with Gasteiger partial charge in [-0.3, -0.25) is 4.79 Å². The van der Waals surface area contributed by atoms with E-state index in [1.54, 1.807) is 0 Å². The molecule has 0 heterocycles. The summed E-state index contributed by atoms with van der Waals surface area (Å²) in [4.78, 5) is 11.6. The zero-order chi connectivity index (χ0) is 10.7. The van der Waals surface area contributed by atoms with Gasteiger partial charge in [-0.1, -0.05) is 19.4 Å². The highest BCUT2D eigenvalue weighted by Gasteiger charge is 2.32. The average molecular weight is 194 g/mol. The van der Waals surface area contributed by atoms with E-state index >= 15 is 0 Å². The Balaban J connectivity index is 2.54. The first kappa shape index (κ1) is 11.5. The van der Waals surface area contributed by atoms with E-state index < -0.39 is 0 Å². The van der Waals surface area contributed by atoms with Crippen LogP contribution >= 0.6 is 0 Å². The molecule has 0 aromatic carbocycles. The van der Waals surface area contributed by atoms with Crippen molar-refractivity contribution in [3.8, 4) is 0 Å². The van der Waals surface area contributed by atoms with Gasteiger partial charge in [0.25, 0.3) is 0 Å². The van der Waals surface area contributed by atoms with Crippen LogP contribution in [0.15, 0.2) is 12.2 Å². The third kappa shape index (κ3) is 2.70. The van der Waals surface area contributed by atoms with Gasteiger partial charge in [-0.25, -0.2) is 0 Å². The summed E-state index contributed by atoms with van der Waals surface area (Å²) in [5.41, 5.74) is 1.24. The van der Waals surface area contributed by atoms with Crippen LogP contribution in [0.25, 0.3) is 0 Å². The first-order chi connectivity index (χ1) is 6.52. The molecular weight excluding hydrogens is 172 g/mol. The van der Waals surface area contributed by atoms with E-state index in [1.807, 2.05) is 0 Å². The minimum absolute atomic E-state index is 0.276. The first-order valence-corrected chi connectivity index (χ1v) is 5.69. The Kier molecular flexibility index (Phi) is 3.91. The number of hydrogen-bond donors (Lipinski definition) is 0. The lowest BCUT2D eigenvalue weighted by Gasteiger charge is -2.33. The molecule has 1 heteroatoms. The number of ketones is 1. The summed E-state index contributed by atoms with van der Waals surface area (Å²) in [6.07, 6.45) is 4.10. The normalized spacial score (nSPS) is 33.1. The highest BCUT2D eigenvalue weighted by atomic mass is 16.1. The van der Waals surface area contributed by atoms with Gasteiger partial charge in [0.1, 0.15) is 5.78 Å². The summed E-state index contributed by atoms with van der Waals surface area (Å²) in [6, 6.07) is 0. The van der Waals surface area contributed by atoms with Gasteiger partial charge in [0.05, 0.1) is 0 Å². The van der Waals surface area contributed by atoms with Gasteiger partial charge in [0.15, 0.2) is 0 Å². The van der Waals surface area contributed by atoms with Crippen molar-refractivity contribution >= 4 is 5.78 Å². The topological polar surface area (TPSA) is 17.1 Å². The summed E-state index contributed by atoms with van der Waals surface area (Å²) >= 11 is 0. The number of carbonyl (C=O) groups is 1. The second-order valence-electron chi connectivity index (χ2n) is 4.93. The molecule has 1 fully saturated rings. The predicted molar refractivity (Wildman–Crippen MR) is 60.1 cm³/mol. The van der Waals surface area contributed by atoms with E-state index in [9.17, 15) is 4.79 Å². The van der Waals surface area contributed by atoms with Crippen LogP contribution in [0, 0.1) is 17.8 Å². The summed E-state index contributed by atoms with van der Waals surface area (Å²) in [5.74, 6) is 2.04. The largest absolute Gasteiger partial charge is 0.299 e. The Hall–Kier alpha value is -0.590. The third-order valence-corrected chi connectivity index (χ3v) is 3.63. The van der Waals surface area contributed by atoms with Crippen LogP contribution in [0.5, 0.6) is 0 Å². The lowest BCUT2D eigenvalue weighted by atomic mass is 9.71. The van der Waals surface area contributed by atoms with Gasteiger partial charge < -0.3 is 0 Å². The second-order valence-corrected chi connectivity index (χ2v) is 4.93. The quantitative estimate of drug-likeness (QED) is 0.627. The van der Waals surface area contributed by atoms with E-state index in [4.69, 9.17) is 0 Å². The second kappa shape index (κ2) is 4.77. The lowest BCUT2D eigenvalue weighted by Crippen LogP contribution is -2.31. The fourth-order valence-electron chi connectivity index (χ4n) is 2.49. The zero-order valence-corrected chi connectivity index (χ0v) is 9.68. The average Bonchev–Trinajstić information content (AvgIpc) is 2.11. The fourth-order valence-corrected chi connectivity index (χ4v) is 2.49. The first-order valence-electron chi connectivity index (χ1n) is 5.69. The smallest absolute Gasteiger partial charge is 0.135 e. The van der Waals surface area contributed by atoms with Crippen molar-refractivity contribution in [2.75, 3.05) is 0 Å². The molecular formula is C13H22O. The highest BCUT2D eigenvalue weighted by molar-refractivity contribution is 5.81. The van der Waals surface area contributed by atoms with Crippen LogP contribution in [0.4, 0.5) is 0 Å². The molecule has 1 aliphatic rings. The standard InChI is InChI=1S/C13H22O/c1-9(2)5-7-12-10(3)6-8-13(14)11(12)4/h10-12H,1,5-8H2,2-4H3. The maximum Gasteiger partial charge on any atom is 0.135 e. The van der Waals surface area contributed by atoms with Crippen LogP contribution in [0.1, 0.15) is 46.5 Å². The van der Waals surface area contributed by atoms with Crippen LogP contribution < -0.4 is 0 Å². The van der Waals surface area contributed by atoms with Crippen molar-refractivity contribution in [2.45, 2.75) is 46.5 Å². The molecule has 0 saturated heterocycles. The third-order valence-electron chi connectivity index (χ3n) is 3.63. The maximum absolute atomic E-state index is 11.6. The Labute approximate surface area is 87.6 Å². The van der Waals surface area contributed by atoms with Crippen molar-refractivity contribution in [3.05, 3.63) is 12.2 Å². The molecule has 80 valence electrons. The molecule has 0 aromatic heterocycles. The molecule has 3 unspecified atom stereocenters. The summed E-state index contributed by atoms with van der Waals surface area (Å²) < 4.78 is 0. The Bertz CT molecular complexity index is 229. The molecule has 0 aliphatic heterocycles. The number of allylic oxidation sites excluding steroid dienone is 1. The van der Waals surface area contributed by atoms with Gasteiger partial charge in [-0.2, -0.15) is 0 Å². The van der Waals surface area contributed by atoms with Crippen LogP contribution in [0.3, 0.4) is 0 Å². The summed E-state index contributed by atoms with van der Waals surface area (Å²) in [6.45, 7) is 10.4. The zero-order valence-electron chi connectivity index (χ0n) is 9.68. The number of Topliss-reactive ketones (excluding diaryl/α,β-unsaturated/α-hetero) is 1. The van der Waals surface area contributed by atoms with Crippen molar-refractivity contribution < 1.29 is 4.79 Å². The highest BCUT2D eigenvalue weighted by Crippen LogP contribution is 2.35. The predicted octanol–water partition coefficient (Wildman–Crippen LogP) is 3.59. The Morgan fingerprint density at radius 2 is 2.14 bits per heavy atom. The van der Waals surface area contributed by atoms with Crippen LogP contribution in [-0.2, 0) is 4.79 Å². The van der Waals surface area contributed by atoms with Crippen molar-refractivity contribution in [1.29, 1.82) is 0 Å². The van der Waals surface area contributed by atoms with E-state index in [-0.39, 0.29) is 5.92 Å². The van der Waals surface area contributed by atoms with Gasteiger partial charge in [-0.05, 0) is 38.0 Å². The van der Waals surface area contributed by atoms with Crippen LogP contribution in [0.2, 0.25) is 0 Å². The molecule has 1 saturated carbocycles. The van der Waals surface area contributed by atoms with E-state index in [2.05, 4.69) is 27.4 Å².